The van der Waals surface area contributed by atoms with Gasteiger partial charge in [-0.25, -0.2) is 13.1 Å². The van der Waals surface area contributed by atoms with E-state index in [1.54, 1.807) is 12.1 Å². The Morgan fingerprint density at radius 1 is 1.09 bits per heavy atom. The van der Waals surface area contributed by atoms with E-state index >= 15 is 0 Å². The molecule has 8 N–H and O–H groups in total. The Balaban J connectivity index is 2.01. The molecule has 2 aromatic rings. The molecule has 174 valence electrons. The van der Waals surface area contributed by atoms with Gasteiger partial charge in [-0.05, 0) is 30.5 Å². The van der Waals surface area contributed by atoms with Crippen molar-refractivity contribution in [2.24, 2.45) is 16.5 Å². The van der Waals surface area contributed by atoms with Crippen LogP contribution < -0.4 is 26.8 Å². The zero-order chi connectivity index (χ0) is 23.6. The number of amides is 2. The largest absolute Gasteiger partial charge is 0.370 e. The first-order chi connectivity index (χ1) is 15.2. The van der Waals surface area contributed by atoms with Crippen LogP contribution in [0.3, 0.4) is 0 Å². The maximum Gasteiger partial charge on any atom is 0.268 e. The van der Waals surface area contributed by atoms with Gasteiger partial charge in [-0.3, -0.25) is 14.6 Å². The summed E-state index contributed by atoms with van der Waals surface area (Å²) < 4.78 is 24.5. The number of aliphatic imine (C=N–C) groups is 1. The van der Waals surface area contributed by atoms with Crippen molar-refractivity contribution in [2.45, 2.75) is 18.9 Å². The molecule has 0 saturated heterocycles. The number of nitrogens with two attached hydrogens (primary N) is 2. The lowest BCUT2D eigenvalue weighted by molar-refractivity contribution is -0.123. The predicted octanol–water partition coefficient (Wildman–Crippen LogP) is -0.501. The minimum atomic E-state index is -3.36. The van der Waals surface area contributed by atoms with Crippen molar-refractivity contribution < 1.29 is 18.0 Å². The van der Waals surface area contributed by atoms with Crippen LogP contribution in [-0.2, 0) is 14.8 Å². The predicted molar refractivity (Wildman–Crippen MR) is 123 cm³/mol. The molecular weight excluding hydrogens is 434 g/mol. The molecule has 0 bridgehead atoms. The third-order valence-corrected chi connectivity index (χ3v) is 5.10. The summed E-state index contributed by atoms with van der Waals surface area (Å²) in [6.07, 6.45) is 1.78. The Labute approximate surface area is 187 Å². The number of carbonyl (C=O) groups is 2. The van der Waals surface area contributed by atoms with E-state index < -0.39 is 27.9 Å². The van der Waals surface area contributed by atoms with E-state index in [-0.39, 0.29) is 19.0 Å². The summed E-state index contributed by atoms with van der Waals surface area (Å²) in [5.74, 6) is -0.932. The molecule has 0 aliphatic carbocycles. The van der Waals surface area contributed by atoms with E-state index in [9.17, 15) is 18.0 Å². The number of nitrogens with one attached hydrogen (secondary N) is 4. The number of nitrogens with zero attached hydrogens (tertiary/aromatic N) is 1. The normalized spacial score (nSPS) is 12.0. The standard InChI is InChI=1S/C20H29N7O4S/c1-32(30,31)25-13-12-23-18(28)16(8-5-11-24-20(21)22)27-19(29)17-10-9-15(26-17)14-6-3-2-4-7-14/h2-4,6-7,9-10,16,25-26H,5,8,11-13H2,1H3,(H,23,28)(H,27,29)(H4,21,22,24). The minimum Gasteiger partial charge on any atom is -0.370 e. The number of benzene rings is 1. The molecule has 0 aliphatic heterocycles. The first kappa shape index (κ1) is 24.9. The van der Waals surface area contributed by atoms with E-state index in [0.29, 0.717) is 25.1 Å². The van der Waals surface area contributed by atoms with E-state index in [4.69, 9.17) is 11.5 Å². The zero-order valence-corrected chi connectivity index (χ0v) is 18.6. The molecule has 0 fully saturated rings. The average Bonchev–Trinajstić information content (AvgIpc) is 3.23. The zero-order valence-electron chi connectivity index (χ0n) is 17.8. The van der Waals surface area contributed by atoms with Crippen molar-refractivity contribution >= 4 is 27.8 Å². The molecule has 0 spiro atoms. The van der Waals surface area contributed by atoms with Crippen LogP contribution in [-0.4, -0.2) is 63.1 Å². The molecular formula is C20H29N7O4S. The topological polar surface area (TPSA) is 185 Å². The Bertz CT molecular complexity index is 1030. The van der Waals surface area contributed by atoms with Crippen LogP contribution in [0.2, 0.25) is 0 Å². The van der Waals surface area contributed by atoms with Crippen molar-refractivity contribution in [3.8, 4) is 11.3 Å². The summed E-state index contributed by atoms with van der Waals surface area (Å²) >= 11 is 0. The molecule has 2 rings (SSSR count). The first-order valence-electron chi connectivity index (χ1n) is 9.99. The minimum absolute atomic E-state index is 0.0380. The molecule has 1 unspecified atom stereocenters. The molecule has 1 aromatic heterocycles. The fourth-order valence-electron chi connectivity index (χ4n) is 2.87. The Kier molecular flexibility index (Phi) is 9.22. The lowest BCUT2D eigenvalue weighted by Crippen LogP contribution is -2.48. The summed E-state index contributed by atoms with van der Waals surface area (Å²) in [5.41, 5.74) is 12.6. The number of carbonyl (C=O) groups excluding carboxylic acids is 2. The quantitative estimate of drug-likeness (QED) is 0.140. The third kappa shape index (κ3) is 8.78. The second-order valence-corrected chi connectivity index (χ2v) is 8.92. The Morgan fingerprint density at radius 2 is 1.81 bits per heavy atom. The number of rotatable bonds is 12. The third-order valence-electron chi connectivity index (χ3n) is 4.37. The second-order valence-electron chi connectivity index (χ2n) is 7.08. The van der Waals surface area contributed by atoms with Crippen molar-refractivity contribution in [3.05, 3.63) is 48.2 Å². The van der Waals surface area contributed by atoms with E-state index in [0.717, 1.165) is 17.5 Å². The second kappa shape index (κ2) is 11.9. The van der Waals surface area contributed by atoms with E-state index in [2.05, 4.69) is 25.3 Å². The molecule has 12 heteroatoms. The highest BCUT2D eigenvalue weighted by molar-refractivity contribution is 7.88. The highest BCUT2D eigenvalue weighted by Gasteiger charge is 2.22. The van der Waals surface area contributed by atoms with Gasteiger partial charge in [0.15, 0.2) is 5.96 Å². The number of hydrogen-bond donors (Lipinski definition) is 6. The van der Waals surface area contributed by atoms with Gasteiger partial charge in [-0.2, -0.15) is 0 Å². The van der Waals surface area contributed by atoms with Crippen molar-refractivity contribution in [2.75, 3.05) is 25.9 Å². The number of aromatic amines is 1. The highest BCUT2D eigenvalue weighted by atomic mass is 32.2. The Morgan fingerprint density at radius 3 is 2.47 bits per heavy atom. The van der Waals surface area contributed by atoms with Crippen LogP contribution >= 0.6 is 0 Å². The lowest BCUT2D eigenvalue weighted by atomic mass is 10.1. The van der Waals surface area contributed by atoms with Crippen LogP contribution in [0, 0.1) is 0 Å². The summed E-state index contributed by atoms with van der Waals surface area (Å²) in [7, 11) is -3.36. The van der Waals surface area contributed by atoms with Crippen LogP contribution in [0.5, 0.6) is 0 Å². The highest BCUT2D eigenvalue weighted by Crippen LogP contribution is 2.18. The fourth-order valence-corrected chi connectivity index (χ4v) is 3.34. The van der Waals surface area contributed by atoms with Crippen molar-refractivity contribution in [3.63, 3.8) is 0 Å². The number of sulfonamides is 1. The summed E-state index contributed by atoms with van der Waals surface area (Å²) in [6.45, 7) is 0.418. The number of aromatic nitrogens is 1. The van der Waals surface area contributed by atoms with Gasteiger partial charge in [-0.15, -0.1) is 0 Å². The molecule has 1 aromatic carbocycles. The Hall–Kier alpha value is -3.38. The molecule has 1 atom stereocenters. The molecule has 0 radical (unpaired) electrons. The number of guanidine groups is 1. The first-order valence-corrected chi connectivity index (χ1v) is 11.9. The molecule has 0 aliphatic rings. The van der Waals surface area contributed by atoms with Crippen molar-refractivity contribution in [1.29, 1.82) is 0 Å². The number of H-pyrrole nitrogens is 1. The van der Waals surface area contributed by atoms with Gasteiger partial charge >= 0.3 is 0 Å². The van der Waals surface area contributed by atoms with Gasteiger partial charge in [0.05, 0.1) is 6.26 Å². The van der Waals surface area contributed by atoms with Gasteiger partial charge in [0, 0.05) is 25.3 Å². The van der Waals surface area contributed by atoms with Crippen LogP contribution in [0.1, 0.15) is 23.3 Å². The van der Waals surface area contributed by atoms with E-state index in [1.165, 1.54) is 0 Å². The average molecular weight is 464 g/mol. The van der Waals surface area contributed by atoms with Gasteiger partial charge in [0.25, 0.3) is 5.91 Å². The lowest BCUT2D eigenvalue weighted by Gasteiger charge is -2.18. The molecule has 11 nitrogen and oxygen atoms in total. The summed E-state index contributed by atoms with van der Waals surface area (Å²) in [6, 6.07) is 12.1. The van der Waals surface area contributed by atoms with Gasteiger partial charge < -0.3 is 27.1 Å². The SMILES string of the molecule is CS(=O)(=O)NCCNC(=O)C(CCCN=C(N)N)NC(=O)c1ccc(-c2ccccc2)[nH]1. The van der Waals surface area contributed by atoms with Crippen LogP contribution in [0.15, 0.2) is 47.5 Å². The fraction of sp³-hybridized carbons (Fsp3) is 0.350. The summed E-state index contributed by atoms with van der Waals surface area (Å²) in [5, 5.41) is 5.33. The smallest absolute Gasteiger partial charge is 0.268 e. The van der Waals surface area contributed by atoms with E-state index in [1.807, 2.05) is 30.3 Å². The van der Waals surface area contributed by atoms with Crippen molar-refractivity contribution in [1.82, 2.24) is 20.3 Å². The monoisotopic (exact) mass is 463 g/mol. The van der Waals surface area contributed by atoms with Gasteiger partial charge in [0.2, 0.25) is 15.9 Å². The van der Waals surface area contributed by atoms with Gasteiger partial charge in [-0.1, -0.05) is 30.3 Å². The maximum absolute atomic E-state index is 12.7. The maximum atomic E-state index is 12.7. The molecule has 1 heterocycles. The molecule has 0 saturated carbocycles. The number of hydrogen-bond acceptors (Lipinski definition) is 5. The van der Waals surface area contributed by atoms with Crippen LogP contribution in [0.4, 0.5) is 0 Å². The van der Waals surface area contributed by atoms with Crippen LogP contribution in [0.25, 0.3) is 11.3 Å². The molecule has 32 heavy (non-hydrogen) atoms. The van der Waals surface area contributed by atoms with Gasteiger partial charge in [0.1, 0.15) is 11.7 Å². The molecule has 2 amide bonds. The summed E-state index contributed by atoms with van der Waals surface area (Å²) in [4.78, 5) is 32.2.